The van der Waals surface area contributed by atoms with Gasteiger partial charge in [0.25, 0.3) is 6.47 Å². The monoisotopic (exact) mass is 163 g/mol. The van der Waals surface area contributed by atoms with Crippen molar-refractivity contribution < 1.29 is 19.9 Å². The Morgan fingerprint density at radius 3 is 2.36 bits per heavy atom. The van der Waals surface area contributed by atoms with Crippen molar-refractivity contribution in [3.8, 4) is 0 Å². The quantitative estimate of drug-likeness (QED) is 0.319. The second kappa shape index (κ2) is 11.7. The molecule has 0 aliphatic rings. The number of nitrogens with one attached hydrogen (secondary N) is 1. The Morgan fingerprint density at radius 1 is 1.64 bits per heavy atom. The van der Waals surface area contributed by atoms with Gasteiger partial charge in [-0.25, -0.2) is 5.48 Å². The molecule has 0 fully saturated rings. The van der Waals surface area contributed by atoms with Crippen molar-refractivity contribution in [3.05, 3.63) is 0 Å². The van der Waals surface area contributed by atoms with E-state index in [0.29, 0.717) is 6.42 Å². The molecular formula is C6H13NO4. The van der Waals surface area contributed by atoms with Crippen LogP contribution < -0.4 is 5.48 Å². The van der Waals surface area contributed by atoms with Gasteiger partial charge in [-0.1, -0.05) is 13.3 Å². The fourth-order valence-corrected chi connectivity index (χ4v) is 0.393. The molecule has 0 radical (unpaired) electrons. The molecule has 0 saturated carbocycles. The number of rotatable bonds is 3. The lowest BCUT2D eigenvalue weighted by Gasteiger charge is -1.92. The van der Waals surface area contributed by atoms with Crippen LogP contribution >= 0.6 is 0 Å². The molecule has 5 heteroatoms. The SMILES string of the molecule is CCCCC(=O)NO.O=CO. The minimum atomic E-state index is -0.299. The first-order valence-electron chi connectivity index (χ1n) is 3.23. The smallest absolute Gasteiger partial charge is 0.290 e. The molecule has 0 aromatic carbocycles. The van der Waals surface area contributed by atoms with Crippen molar-refractivity contribution in [1.82, 2.24) is 5.48 Å². The highest BCUT2D eigenvalue weighted by Gasteiger charge is 1.94. The van der Waals surface area contributed by atoms with Gasteiger partial charge in [0.1, 0.15) is 0 Å². The van der Waals surface area contributed by atoms with Gasteiger partial charge < -0.3 is 5.11 Å². The number of hydrogen-bond acceptors (Lipinski definition) is 3. The molecule has 0 rings (SSSR count). The van der Waals surface area contributed by atoms with E-state index in [2.05, 4.69) is 0 Å². The summed E-state index contributed by atoms with van der Waals surface area (Å²) in [6, 6.07) is 0. The van der Waals surface area contributed by atoms with E-state index in [0.717, 1.165) is 12.8 Å². The van der Waals surface area contributed by atoms with E-state index in [9.17, 15) is 4.79 Å². The van der Waals surface area contributed by atoms with Gasteiger partial charge in [0, 0.05) is 6.42 Å². The van der Waals surface area contributed by atoms with E-state index < -0.39 is 0 Å². The van der Waals surface area contributed by atoms with Crippen LogP contribution in [0.1, 0.15) is 26.2 Å². The van der Waals surface area contributed by atoms with Gasteiger partial charge in [0.15, 0.2) is 0 Å². The van der Waals surface area contributed by atoms with Gasteiger partial charge >= 0.3 is 0 Å². The second-order valence-electron chi connectivity index (χ2n) is 1.74. The van der Waals surface area contributed by atoms with Crippen LogP contribution in [-0.4, -0.2) is 22.7 Å². The molecule has 0 atom stereocenters. The van der Waals surface area contributed by atoms with Crippen molar-refractivity contribution in [2.45, 2.75) is 26.2 Å². The number of unbranched alkanes of at least 4 members (excludes halogenated alkanes) is 1. The third-order valence-corrected chi connectivity index (χ3v) is 0.882. The average Bonchev–Trinajstić information content (AvgIpc) is 2.02. The average molecular weight is 163 g/mol. The van der Waals surface area contributed by atoms with Crippen molar-refractivity contribution in [2.24, 2.45) is 0 Å². The molecular weight excluding hydrogens is 150 g/mol. The molecule has 5 nitrogen and oxygen atoms in total. The number of carbonyl (C=O) groups is 2. The van der Waals surface area contributed by atoms with E-state index in [1.807, 2.05) is 6.92 Å². The Hall–Kier alpha value is -1.10. The Balaban J connectivity index is 0. The van der Waals surface area contributed by atoms with Crippen LogP contribution in [0.5, 0.6) is 0 Å². The zero-order chi connectivity index (χ0) is 9.11. The number of hydrogen-bond donors (Lipinski definition) is 3. The molecule has 0 aliphatic carbocycles. The maximum absolute atomic E-state index is 10.2. The van der Waals surface area contributed by atoms with Gasteiger partial charge in [0.2, 0.25) is 5.91 Å². The number of amides is 1. The van der Waals surface area contributed by atoms with Gasteiger partial charge in [-0.05, 0) is 6.42 Å². The lowest BCUT2D eigenvalue weighted by atomic mass is 10.2. The fourth-order valence-electron chi connectivity index (χ4n) is 0.393. The van der Waals surface area contributed by atoms with Gasteiger partial charge in [0.05, 0.1) is 0 Å². The summed E-state index contributed by atoms with van der Waals surface area (Å²) in [6.07, 6.45) is 2.24. The van der Waals surface area contributed by atoms with Crippen LogP contribution in [0.4, 0.5) is 0 Å². The zero-order valence-electron chi connectivity index (χ0n) is 6.41. The molecule has 11 heavy (non-hydrogen) atoms. The Bertz CT molecular complexity index is 105. The van der Waals surface area contributed by atoms with E-state index in [1.54, 1.807) is 5.48 Å². The summed E-state index contributed by atoms with van der Waals surface area (Å²) in [7, 11) is 0. The molecule has 66 valence electrons. The number of hydroxylamine groups is 1. The predicted molar refractivity (Wildman–Crippen MR) is 38.1 cm³/mol. The number of carboxylic acid groups (broad SMARTS) is 1. The molecule has 3 N–H and O–H groups in total. The summed E-state index contributed by atoms with van der Waals surface area (Å²) in [6.45, 7) is 1.74. The van der Waals surface area contributed by atoms with Crippen molar-refractivity contribution in [2.75, 3.05) is 0 Å². The summed E-state index contributed by atoms with van der Waals surface area (Å²) in [4.78, 5) is 18.6. The maximum Gasteiger partial charge on any atom is 0.290 e. The number of carbonyl (C=O) groups excluding carboxylic acids is 1. The maximum atomic E-state index is 10.2. The molecule has 0 heterocycles. The molecule has 0 spiro atoms. The first-order valence-corrected chi connectivity index (χ1v) is 3.23. The van der Waals surface area contributed by atoms with E-state index in [4.69, 9.17) is 15.1 Å². The van der Waals surface area contributed by atoms with Crippen LogP contribution in [0.15, 0.2) is 0 Å². The molecule has 1 amide bonds. The zero-order valence-corrected chi connectivity index (χ0v) is 6.41. The highest BCUT2D eigenvalue weighted by Crippen LogP contribution is 1.91. The fraction of sp³-hybridized carbons (Fsp3) is 0.667. The summed E-state index contributed by atoms with van der Waals surface area (Å²) in [5.41, 5.74) is 1.56. The topological polar surface area (TPSA) is 86.6 Å². The van der Waals surface area contributed by atoms with Crippen LogP contribution in [0.25, 0.3) is 0 Å². The minimum absolute atomic E-state index is 0.250. The second-order valence-corrected chi connectivity index (χ2v) is 1.74. The highest BCUT2D eigenvalue weighted by molar-refractivity contribution is 5.74. The summed E-state index contributed by atoms with van der Waals surface area (Å²) < 4.78 is 0. The first-order chi connectivity index (χ1) is 5.22. The minimum Gasteiger partial charge on any atom is -0.483 e. The molecule has 0 aromatic rings. The lowest BCUT2D eigenvalue weighted by molar-refractivity contribution is -0.129. The Labute approximate surface area is 65.0 Å². The Kier molecular flexibility index (Phi) is 13.3. The van der Waals surface area contributed by atoms with Crippen LogP contribution in [0.2, 0.25) is 0 Å². The Morgan fingerprint density at radius 2 is 2.09 bits per heavy atom. The standard InChI is InChI=1S/C5H11NO2.CH2O2/c1-2-3-4-5(7)6-8;2-1-3/h8H,2-4H2,1H3,(H,6,7);1H,(H,2,3). The van der Waals surface area contributed by atoms with Crippen LogP contribution in [-0.2, 0) is 9.59 Å². The largest absolute Gasteiger partial charge is 0.483 e. The van der Waals surface area contributed by atoms with Crippen LogP contribution in [0.3, 0.4) is 0 Å². The summed E-state index contributed by atoms with van der Waals surface area (Å²) in [5, 5.41) is 14.9. The van der Waals surface area contributed by atoms with Crippen molar-refractivity contribution >= 4 is 12.4 Å². The third kappa shape index (κ3) is 17.6. The molecule has 0 bridgehead atoms. The lowest BCUT2D eigenvalue weighted by Crippen LogP contribution is -2.17. The van der Waals surface area contributed by atoms with Crippen molar-refractivity contribution in [1.29, 1.82) is 0 Å². The predicted octanol–water partition coefficient (Wildman–Crippen LogP) is 0.383. The summed E-state index contributed by atoms with van der Waals surface area (Å²) in [5.74, 6) is -0.299. The van der Waals surface area contributed by atoms with Crippen LogP contribution in [0, 0.1) is 0 Å². The molecule has 0 unspecified atom stereocenters. The van der Waals surface area contributed by atoms with E-state index in [1.165, 1.54) is 0 Å². The third-order valence-electron chi connectivity index (χ3n) is 0.882. The molecule has 0 aliphatic heterocycles. The molecule has 0 aromatic heterocycles. The van der Waals surface area contributed by atoms with E-state index >= 15 is 0 Å². The first kappa shape index (κ1) is 12.6. The highest BCUT2D eigenvalue weighted by atomic mass is 16.5. The summed E-state index contributed by atoms with van der Waals surface area (Å²) >= 11 is 0. The van der Waals surface area contributed by atoms with Gasteiger partial charge in [-0.2, -0.15) is 0 Å². The molecule has 0 saturated heterocycles. The van der Waals surface area contributed by atoms with Crippen molar-refractivity contribution in [3.63, 3.8) is 0 Å². The van der Waals surface area contributed by atoms with Gasteiger partial charge in [-0.15, -0.1) is 0 Å². The normalized spacial score (nSPS) is 7.45. The van der Waals surface area contributed by atoms with E-state index in [-0.39, 0.29) is 12.4 Å². The van der Waals surface area contributed by atoms with Gasteiger partial charge in [-0.3, -0.25) is 14.8 Å².